The molecule has 1 rings (SSSR count). The van der Waals surface area contributed by atoms with Gasteiger partial charge >= 0.3 is 103 Å². The van der Waals surface area contributed by atoms with Crippen molar-refractivity contribution < 1.29 is 123 Å². The number of hydrogen-bond donors (Lipinski definition) is 0. The van der Waals surface area contributed by atoms with Crippen molar-refractivity contribution in [3.63, 3.8) is 0 Å². The van der Waals surface area contributed by atoms with Crippen LogP contribution in [0.25, 0.3) is 0 Å². The first-order valence-corrected chi connectivity index (χ1v) is 3.84. The van der Waals surface area contributed by atoms with Crippen LogP contribution >= 0.6 is 0 Å². The summed E-state index contributed by atoms with van der Waals surface area (Å²) in [6.45, 7) is 2.94. The van der Waals surface area contributed by atoms with Gasteiger partial charge in [0.05, 0.1) is 11.9 Å². The maximum atomic E-state index is 10.5. The standard InChI is InChI=1S/C9H9NO4.2K/c1-4-6(8(11)12)3-7(9(13)14)5(2)10-4;;/h3H,1-2H3,(H,11,12)(H,13,14);;/q;2*+1/p-2. The molecule has 0 radical (unpaired) electrons. The van der Waals surface area contributed by atoms with Gasteiger partial charge in [-0.05, 0) is 19.9 Å². The van der Waals surface area contributed by atoms with E-state index < -0.39 is 11.9 Å². The van der Waals surface area contributed by atoms with Gasteiger partial charge in [-0.2, -0.15) is 0 Å². The number of aromatic nitrogens is 1. The second-order valence-corrected chi connectivity index (χ2v) is 2.83. The first-order chi connectivity index (χ1) is 6.43. The topological polar surface area (TPSA) is 93.2 Å². The Morgan fingerprint density at radius 2 is 1.31 bits per heavy atom. The molecule has 0 spiro atoms. The molecule has 0 saturated heterocycles. The smallest absolute Gasteiger partial charge is 0.545 e. The zero-order valence-corrected chi connectivity index (χ0v) is 15.9. The van der Waals surface area contributed by atoms with Crippen LogP contribution < -0.4 is 113 Å². The SMILES string of the molecule is Cc1nc(C)c(C(=O)[O-])cc1C(=O)[O-].[K+].[K+]. The fourth-order valence-electron chi connectivity index (χ4n) is 1.14. The van der Waals surface area contributed by atoms with Crippen molar-refractivity contribution in [3.05, 3.63) is 28.6 Å². The van der Waals surface area contributed by atoms with E-state index in [0.29, 0.717) is 0 Å². The monoisotopic (exact) mass is 271 g/mol. The summed E-state index contributed by atoms with van der Waals surface area (Å²) in [6, 6.07) is 1.00. The molecule has 0 aromatic carbocycles. The third-order valence-corrected chi connectivity index (χ3v) is 1.84. The quantitative estimate of drug-likeness (QED) is 0.498. The van der Waals surface area contributed by atoms with Crippen molar-refractivity contribution in [2.45, 2.75) is 13.8 Å². The first-order valence-electron chi connectivity index (χ1n) is 3.84. The Morgan fingerprint density at radius 3 is 1.56 bits per heavy atom. The van der Waals surface area contributed by atoms with Crippen molar-refractivity contribution >= 4 is 11.9 Å². The number of rotatable bonds is 2. The molecule has 1 aromatic heterocycles. The summed E-state index contributed by atoms with van der Waals surface area (Å²) in [4.78, 5) is 24.9. The Labute approximate surface area is 178 Å². The fourth-order valence-corrected chi connectivity index (χ4v) is 1.14. The maximum Gasteiger partial charge on any atom is 1.00 e. The van der Waals surface area contributed by atoms with E-state index in [9.17, 15) is 19.8 Å². The van der Waals surface area contributed by atoms with Crippen molar-refractivity contribution in [1.29, 1.82) is 0 Å². The summed E-state index contributed by atoms with van der Waals surface area (Å²) in [5.74, 6) is -2.89. The minimum absolute atomic E-state index is 0. The number of nitrogens with zero attached hydrogens (tertiary/aromatic N) is 1. The Morgan fingerprint density at radius 1 is 1.00 bits per heavy atom. The largest absolute Gasteiger partial charge is 1.00 e. The molecule has 0 bridgehead atoms. The molecule has 16 heavy (non-hydrogen) atoms. The summed E-state index contributed by atoms with van der Waals surface area (Å²) in [5, 5.41) is 21.1. The second-order valence-electron chi connectivity index (χ2n) is 2.83. The van der Waals surface area contributed by atoms with Gasteiger partial charge in [-0.3, -0.25) is 4.98 Å². The average Bonchev–Trinajstić information content (AvgIpc) is 2.02. The van der Waals surface area contributed by atoms with Crippen LogP contribution in [-0.4, -0.2) is 16.9 Å². The Kier molecular flexibility index (Phi) is 10.4. The molecule has 0 amide bonds. The van der Waals surface area contributed by atoms with Gasteiger partial charge < -0.3 is 19.8 Å². The van der Waals surface area contributed by atoms with Crippen molar-refractivity contribution in [2.75, 3.05) is 0 Å². The third-order valence-electron chi connectivity index (χ3n) is 1.84. The second kappa shape index (κ2) is 8.46. The Bertz CT molecular complexity index is 385. The van der Waals surface area contributed by atoms with Crippen molar-refractivity contribution in [1.82, 2.24) is 4.98 Å². The van der Waals surface area contributed by atoms with Gasteiger partial charge in [-0.1, -0.05) is 0 Å². The first kappa shape index (κ1) is 19.7. The molecule has 0 saturated carbocycles. The number of hydrogen-bond acceptors (Lipinski definition) is 5. The molecule has 0 aliphatic carbocycles. The minimum atomic E-state index is -1.45. The van der Waals surface area contributed by atoms with Crippen LogP contribution in [0, 0.1) is 13.8 Å². The number of carbonyl (C=O) groups is 2. The van der Waals surface area contributed by atoms with E-state index in [1.165, 1.54) is 13.8 Å². The van der Waals surface area contributed by atoms with Crippen LogP contribution in [0.4, 0.5) is 0 Å². The van der Waals surface area contributed by atoms with Gasteiger partial charge in [0.25, 0.3) is 0 Å². The molecule has 5 nitrogen and oxygen atoms in total. The van der Waals surface area contributed by atoms with E-state index >= 15 is 0 Å². The van der Waals surface area contributed by atoms with E-state index in [4.69, 9.17) is 0 Å². The van der Waals surface area contributed by atoms with Gasteiger partial charge in [0, 0.05) is 22.5 Å². The molecule has 0 aliphatic heterocycles. The molecule has 0 N–H and O–H groups in total. The van der Waals surface area contributed by atoms with E-state index in [2.05, 4.69) is 4.98 Å². The minimum Gasteiger partial charge on any atom is -0.545 e. The van der Waals surface area contributed by atoms with Crippen molar-refractivity contribution in [2.24, 2.45) is 0 Å². The Hall–Kier alpha value is 1.36. The zero-order chi connectivity index (χ0) is 10.9. The number of carboxylic acid groups (broad SMARTS) is 2. The van der Waals surface area contributed by atoms with Gasteiger partial charge in [0.15, 0.2) is 0 Å². The van der Waals surface area contributed by atoms with Crippen LogP contribution in [-0.2, 0) is 0 Å². The molecule has 7 heteroatoms. The van der Waals surface area contributed by atoms with E-state index in [0.717, 1.165) is 6.07 Å². The molecular weight excluding hydrogens is 264 g/mol. The molecule has 74 valence electrons. The van der Waals surface area contributed by atoms with Crippen LogP contribution in [0.3, 0.4) is 0 Å². The van der Waals surface area contributed by atoms with E-state index in [1.54, 1.807) is 0 Å². The zero-order valence-electron chi connectivity index (χ0n) is 9.66. The van der Waals surface area contributed by atoms with Gasteiger partial charge in [-0.25, -0.2) is 0 Å². The third kappa shape index (κ3) is 4.93. The van der Waals surface area contributed by atoms with Crippen LogP contribution in [0.2, 0.25) is 0 Å². The number of carboxylic acids is 2. The van der Waals surface area contributed by atoms with Crippen LogP contribution in [0.1, 0.15) is 32.1 Å². The maximum absolute atomic E-state index is 10.5. The molecule has 1 aromatic rings. The summed E-state index contributed by atoms with van der Waals surface area (Å²) in [6.07, 6.45) is 0. The van der Waals surface area contributed by atoms with E-state index in [-0.39, 0.29) is 125 Å². The van der Waals surface area contributed by atoms with Crippen LogP contribution in [0.15, 0.2) is 6.07 Å². The normalized spacial score (nSPS) is 8.62. The summed E-state index contributed by atoms with van der Waals surface area (Å²) in [5.41, 5.74) is 0.00426. The number of aryl methyl sites for hydroxylation is 2. The number of pyridine rings is 1. The van der Waals surface area contributed by atoms with Crippen molar-refractivity contribution in [3.8, 4) is 0 Å². The molecular formula is C9H7K2NO4. The summed E-state index contributed by atoms with van der Waals surface area (Å²) in [7, 11) is 0. The van der Waals surface area contributed by atoms with Crippen LogP contribution in [0.5, 0.6) is 0 Å². The van der Waals surface area contributed by atoms with E-state index in [1.807, 2.05) is 0 Å². The molecule has 0 unspecified atom stereocenters. The molecule has 0 fully saturated rings. The molecule has 0 aliphatic rings. The summed E-state index contributed by atoms with van der Waals surface area (Å²) >= 11 is 0. The summed E-state index contributed by atoms with van der Waals surface area (Å²) < 4.78 is 0. The number of carbonyl (C=O) groups excluding carboxylic acids is 2. The Balaban J connectivity index is 0. The number of aromatic carboxylic acids is 2. The average molecular weight is 271 g/mol. The fraction of sp³-hybridized carbons (Fsp3) is 0.222. The molecule has 1 heterocycles. The predicted molar refractivity (Wildman–Crippen MR) is 42.4 cm³/mol. The van der Waals surface area contributed by atoms with Gasteiger partial charge in [0.1, 0.15) is 0 Å². The predicted octanol–water partition coefficient (Wildman–Crippen LogP) is -7.57. The van der Waals surface area contributed by atoms with Gasteiger partial charge in [-0.15, -0.1) is 0 Å². The molecule has 0 atom stereocenters. The van der Waals surface area contributed by atoms with Gasteiger partial charge in [0.2, 0.25) is 0 Å².